The summed E-state index contributed by atoms with van der Waals surface area (Å²) >= 11 is 0. The second-order valence-electron chi connectivity index (χ2n) is 3.16. The van der Waals surface area contributed by atoms with Crippen molar-refractivity contribution in [2.24, 2.45) is 0 Å². The molecule has 0 radical (unpaired) electrons. The Morgan fingerprint density at radius 1 is 1.50 bits per heavy atom. The Labute approximate surface area is 86.2 Å². The van der Waals surface area contributed by atoms with E-state index in [4.69, 9.17) is 0 Å². The van der Waals surface area contributed by atoms with Gasteiger partial charge in [-0.15, -0.1) is 0 Å². The van der Waals surface area contributed by atoms with Crippen molar-refractivity contribution in [3.05, 3.63) is 60.9 Å². The molecule has 1 nitrogen and oxygen atoms in total. The van der Waals surface area contributed by atoms with Crippen LogP contribution in [0.2, 0.25) is 0 Å². The largest absolute Gasteiger partial charge is 0.379 e. The Balaban J connectivity index is 2.55. The summed E-state index contributed by atoms with van der Waals surface area (Å²) in [6, 6.07) is 0.405. The molecule has 0 aliphatic heterocycles. The van der Waals surface area contributed by atoms with Crippen molar-refractivity contribution in [2.45, 2.75) is 19.4 Å². The van der Waals surface area contributed by atoms with E-state index in [1.165, 1.54) is 0 Å². The van der Waals surface area contributed by atoms with Gasteiger partial charge in [0.25, 0.3) is 0 Å². The van der Waals surface area contributed by atoms with Crippen LogP contribution in [0.25, 0.3) is 0 Å². The average molecular weight is 187 g/mol. The highest BCUT2D eigenvalue weighted by molar-refractivity contribution is 5.24. The minimum Gasteiger partial charge on any atom is -0.379 e. The SMILES string of the molecule is C=C/C=C(\C=C/C)NC1C=CC=CC1. The molecule has 0 bridgehead atoms. The van der Waals surface area contributed by atoms with Crippen molar-refractivity contribution in [1.29, 1.82) is 0 Å². The lowest BCUT2D eigenvalue weighted by Crippen LogP contribution is -2.25. The molecule has 0 saturated carbocycles. The Morgan fingerprint density at radius 3 is 2.93 bits per heavy atom. The second-order valence-corrected chi connectivity index (χ2v) is 3.16. The molecule has 0 heterocycles. The number of rotatable bonds is 4. The lowest BCUT2D eigenvalue weighted by Gasteiger charge is -2.16. The second kappa shape index (κ2) is 6.03. The van der Waals surface area contributed by atoms with Gasteiger partial charge in [0.15, 0.2) is 0 Å². The Hall–Kier alpha value is -1.50. The van der Waals surface area contributed by atoms with Crippen LogP contribution in [0.4, 0.5) is 0 Å². The number of hydrogen-bond donors (Lipinski definition) is 1. The molecule has 0 spiro atoms. The van der Waals surface area contributed by atoms with Crippen molar-refractivity contribution < 1.29 is 0 Å². The Kier molecular flexibility index (Phi) is 4.56. The van der Waals surface area contributed by atoms with Crippen LogP contribution in [-0.4, -0.2) is 6.04 Å². The van der Waals surface area contributed by atoms with Crippen molar-refractivity contribution in [1.82, 2.24) is 5.32 Å². The molecule has 14 heavy (non-hydrogen) atoms. The van der Waals surface area contributed by atoms with Gasteiger partial charge in [-0.3, -0.25) is 0 Å². The summed E-state index contributed by atoms with van der Waals surface area (Å²) in [5.74, 6) is 0. The molecular formula is C13H17N. The van der Waals surface area contributed by atoms with Gasteiger partial charge in [0.2, 0.25) is 0 Å². The van der Waals surface area contributed by atoms with Crippen LogP contribution in [0.5, 0.6) is 0 Å². The van der Waals surface area contributed by atoms with Gasteiger partial charge < -0.3 is 5.32 Å². The monoisotopic (exact) mass is 187 g/mol. The molecule has 0 saturated heterocycles. The number of allylic oxidation sites excluding steroid dienone is 6. The lowest BCUT2D eigenvalue weighted by molar-refractivity contribution is 0.684. The number of nitrogens with one attached hydrogen (secondary N) is 1. The molecule has 1 aliphatic carbocycles. The summed E-state index contributed by atoms with van der Waals surface area (Å²) < 4.78 is 0. The first-order chi connectivity index (χ1) is 6.86. The molecule has 1 rings (SSSR count). The van der Waals surface area contributed by atoms with Crippen molar-refractivity contribution in [2.75, 3.05) is 0 Å². The maximum absolute atomic E-state index is 3.69. The average Bonchev–Trinajstić information content (AvgIpc) is 2.20. The van der Waals surface area contributed by atoms with E-state index >= 15 is 0 Å². The van der Waals surface area contributed by atoms with Gasteiger partial charge in [-0.1, -0.05) is 43.0 Å². The summed E-state index contributed by atoms with van der Waals surface area (Å²) in [6.45, 7) is 5.70. The summed E-state index contributed by atoms with van der Waals surface area (Å²) in [4.78, 5) is 0. The van der Waals surface area contributed by atoms with Gasteiger partial charge >= 0.3 is 0 Å². The van der Waals surface area contributed by atoms with Gasteiger partial charge in [-0.2, -0.15) is 0 Å². The molecule has 0 aromatic rings. The Bertz CT molecular complexity index is 292. The van der Waals surface area contributed by atoms with Gasteiger partial charge in [-0.05, 0) is 25.5 Å². The van der Waals surface area contributed by atoms with Crippen molar-refractivity contribution >= 4 is 0 Å². The molecule has 0 aromatic heterocycles. The topological polar surface area (TPSA) is 12.0 Å². The van der Waals surface area contributed by atoms with Gasteiger partial charge in [-0.25, -0.2) is 0 Å². The molecule has 1 N–H and O–H groups in total. The van der Waals surface area contributed by atoms with Crippen LogP contribution in [0.1, 0.15) is 13.3 Å². The van der Waals surface area contributed by atoms with E-state index in [0.717, 1.165) is 12.1 Å². The van der Waals surface area contributed by atoms with E-state index in [0.29, 0.717) is 6.04 Å². The fourth-order valence-electron chi connectivity index (χ4n) is 1.36. The molecule has 0 aromatic carbocycles. The summed E-state index contributed by atoms with van der Waals surface area (Å²) in [7, 11) is 0. The van der Waals surface area contributed by atoms with Gasteiger partial charge in [0.1, 0.15) is 0 Å². The summed E-state index contributed by atoms with van der Waals surface area (Å²) in [6.07, 6.45) is 17.4. The fourth-order valence-corrected chi connectivity index (χ4v) is 1.36. The first-order valence-electron chi connectivity index (χ1n) is 4.92. The van der Waals surface area contributed by atoms with Crippen molar-refractivity contribution in [3.63, 3.8) is 0 Å². The zero-order valence-electron chi connectivity index (χ0n) is 8.61. The zero-order chi connectivity index (χ0) is 10.2. The third-order valence-electron chi connectivity index (χ3n) is 1.98. The van der Waals surface area contributed by atoms with E-state index < -0.39 is 0 Å². The summed E-state index contributed by atoms with van der Waals surface area (Å²) in [5.41, 5.74) is 1.10. The third kappa shape index (κ3) is 3.48. The van der Waals surface area contributed by atoms with Crippen LogP contribution < -0.4 is 5.32 Å². The quantitative estimate of drug-likeness (QED) is 0.667. The minimum absolute atomic E-state index is 0.405. The normalized spacial score (nSPS) is 21.5. The molecule has 1 aliphatic rings. The maximum atomic E-state index is 3.69. The van der Waals surface area contributed by atoms with Crippen LogP contribution >= 0.6 is 0 Å². The van der Waals surface area contributed by atoms with Crippen LogP contribution in [0.15, 0.2) is 60.9 Å². The fraction of sp³-hybridized carbons (Fsp3) is 0.231. The number of hydrogen-bond acceptors (Lipinski definition) is 1. The molecule has 1 unspecified atom stereocenters. The highest BCUT2D eigenvalue weighted by Crippen LogP contribution is 2.06. The minimum atomic E-state index is 0.405. The molecule has 0 amide bonds. The van der Waals surface area contributed by atoms with E-state index in [9.17, 15) is 0 Å². The summed E-state index contributed by atoms with van der Waals surface area (Å²) in [5, 5.41) is 3.42. The molecule has 1 atom stereocenters. The maximum Gasteiger partial charge on any atom is 0.0482 e. The highest BCUT2D eigenvalue weighted by Gasteiger charge is 2.03. The van der Waals surface area contributed by atoms with E-state index in [-0.39, 0.29) is 0 Å². The standard InChI is InChI=1S/C13H17N/c1-3-8-12(9-4-2)14-13-10-6-5-7-11-13/h3-10,13-14H,1,11H2,2H3/b9-4-,12-8+. The first kappa shape index (κ1) is 10.6. The molecule has 1 heteroatoms. The molecule has 0 fully saturated rings. The highest BCUT2D eigenvalue weighted by atomic mass is 14.9. The Morgan fingerprint density at radius 2 is 2.36 bits per heavy atom. The van der Waals surface area contributed by atoms with E-state index in [1.807, 2.05) is 25.2 Å². The van der Waals surface area contributed by atoms with Crippen molar-refractivity contribution in [3.8, 4) is 0 Å². The molecular weight excluding hydrogens is 170 g/mol. The van der Waals surface area contributed by atoms with Crippen LogP contribution in [0, 0.1) is 0 Å². The van der Waals surface area contributed by atoms with Gasteiger partial charge in [0, 0.05) is 11.7 Å². The smallest absolute Gasteiger partial charge is 0.0482 e. The zero-order valence-corrected chi connectivity index (χ0v) is 8.61. The van der Waals surface area contributed by atoms with Crippen LogP contribution in [0.3, 0.4) is 0 Å². The van der Waals surface area contributed by atoms with E-state index in [1.54, 1.807) is 6.08 Å². The van der Waals surface area contributed by atoms with E-state index in [2.05, 4.69) is 36.2 Å². The van der Waals surface area contributed by atoms with Gasteiger partial charge in [0.05, 0.1) is 0 Å². The lowest BCUT2D eigenvalue weighted by atomic mass is 10.1. The predicted octanol–water partition coefficient (Wildman–Crippen LogP) is 3.11. The molecule has 74 valence electrons. The van der Waals surface area contributed by atoms with Crippen LogP contribution in [-0.2, 0) is 0 Å². The third-order valence-corrected chi connectivity index (χ3v) is 1.98. The first-order valence-corrected chi connectivity index (χ1v) is 4.92. The predicted molar refractivity (Wildman–Crippen MR) is 62.9 cm³/mol.